The lowest BCUT2D eigenvalue weighted by Crippen LogP contribution is -2.35. The Bertz CT molecular complexity index is 853. The molecule has 0 aromatic heterocycles. The number of methoxy groups -OCH3 is 1. The van der Waals surface area contributed by atoms with E-state index in [4.69, 9.17) is 17.0 Å². The number of rotatable bonds is 6. The average Bonchev–Trinajstić information content (AvgIpc) is 2.72. The van der Waals surface area contributed by atoms with Crippen LogP contribution >= 0.6 is 12.2 Å². The number of carbonyl (C=O) groups excluding carboxylic acids is 1. The number of thiocarbonyl (C=S) groups is 1. The molecule has 0 radical (unpaired) electrons. The third kappa shape index (κ3) is 5.09. The Labute approximate surface area is 172 Å². The number of ether oxygens (including phenoxy) is 1. The second-order valence-corrected chi connectivity index (χ2v) is 7.41. The van der Waals surface area contributed by atoms with E-state index >= 15 is 0 Å². The van der Waals surface area contributed by atoms with E-state index in [1.54, 1.807) is 6.07 Å². The molecule has 0 saturated heterocycles. The second-order valence-electron chi connectivity index (χ2n) is 7.00. The van der Waals surface area contributed by atoms with E-state index in [1.807, 2.05) is 19.1 Å². The van der Waals surface area contributed by atoms with Crippen molar-refractivity contribution in [3.63, 3.8) is 0 Å². The van der Waals surface area contributed by atoms with Crippen LogP contribution in [0, 0.1) is 6.92 Å². The number of hydrogen-bond acceptors (Lipinski definition) is 4. The van der Waals surface area contributed by atoms with Gasteiger partial charge in [0.05, 0.1) is 12.7 Å². The Balaban J connectivity index is 1.43. The second kappa shape index (κ2) is 9.66. The minimum absolute atomic E-state index is 0.344. The van der Waals surface area contributed by atoms with Gasteiger partial charge >= 0.3 is 5.97 Å². The van der Waals surface area contributed by atoms with Gasteiger partial charge in [0.15, 0.2) is 5.11 Å². The number of carbonyl (C=O) groups is 1. The Hall–Kier alpha value is -2.44. The summed E-state index contributed by atoms with van der Waals surface area (Å²) < 4.78 is 4.82. The smallest absolute Gasteiger partial charge is 0.338 e. The maximum absolute atomic E-state index is 11.8. The van der Waals surface area contributed by atoms with Gasteiger partial charge in [-0.25, -0.2) is 4.79 Å². The van der Waals surface area contributed by atoms with Crippen LogP contribution in [0.2, 0.25) is 0 Å². The fourth-order valence-electron chi connectivity index (χ4n) is 3.52. The van der Waals surface area contributed by atoms with Crippen LogP contribution in [0.4, 0.5) is 5.69 Å². The van der Waals surface area contributed by atoms with Crippen LogP contribution in [0.1, 0.15) is 33.5 Å². The SMILES string of the molecule is COC(=O)c1cccc(NC(=S)NCCCN2CCc3ccccc3C2)c1C. The zero-order valence-electron chi connectivity index (χ0n) is 16.5. The summed E-state index contributed by atoms with van der Waals surface area (Å²) in [7, 11) is 1.38. The monoisotopic (exact) mass is 397 g/mol. The van der Waals surface area contributed by atoms with Crippen LogP contribution in [-0.4, -0.2) is 42.7 Å². The summed E-state index contributed by atoms with van der Waals surface area (Å²) in [5, 5.41) is 7.00. The van der Waals surface area contributed by atoms with Crippen molar-refractivity contribution in [1.29, 1.82) is 0 Å². The van der Waals surface area contributed by atoms with E-state index in [0.717, 1.165) is 50.3 Å². The zero-order valence-corrected chi connectivity index (χ0v) is 17.3. The molecule has 28 heavy (non-hydrogen) atoms. The van der Waals surface area contributed by atoms with Gasteiger partial charge in [-0.2, -0.15) is 0 Å². The minimum Gasteiger partial charge on any atom is -0.465 e. The maximum Gasteiger partial charge on any atom is 0.338 e. The largest absolute Gasteiger partial charge is 0.465 e. The van der Waals surface area contributed by atoms with Crippen LogP contribution in [0.3, 0.4) is 0 Å². The third-order valence-corrected chi connectivity index (χ3v) is 5.38. The molecule has 5 nitrogen and oxygen atoms in total. The van der Waals surface area contributed by atoms with Gasteiger partial charge in [-0.05, 0) is 60.8 Å². The summed E-state index contributed by atoms with van der Waals surface area (Å²) >= 11 is 5.40. The number of hydrogen-bond donors (Lipinski definition) is 2. The van der Waals surface area contributed by atoms with Crippen molar-refractivity contribution in [3.8, 4) is 0 Å². The van der Waals surface area contributed by atoms with Crippen molar-refractivity contribution < 1.29 is 9.53 Å². The van der Waals surface area contributed by atoms with Gasteiger partial charge in [0.25, 0.3) is 0 Å². The summed E-state index contributed by atoms with van der Waals surface area (Å²) in [6, 6.07) is 14.2. The molecule has 0 spiro atoms. The van der Waals surface area contributed by atoms with E-state index in [9.17, 15) is 4.79 Å². The number of esters is 1. The molecular formula is C22H27N3O2S. The molecule has 0 saturated carbocycles. The number of benzene rings is 2. The van der Waals surface area contributed by atoms with Gasteiger partial charge in [0.1, 0.15) is 0 Å². The first-order chi connectivity index (χ1) is 13.6. The molecule has 2 N–H and O–H groups in total. The lowest BCUT2D eigenvalue weighted by Gasteiger charge is -2.28. The van der Waals surface area contributed by atoms with Gasteiger partial charge in [-0.15, -0.1) is 0 Å². The summed E-state index contributed by atoms with van der Waals surface area (Å²) in [5.74, 6) is -0.344. The quantitative estimate of drug-likeness (QED) is 0.442. The van der Waals surface area contributed by atoms with Gasteiger partial charge < -0.3 is 15.4 Å². The molecule has 3 rings (SSSR count). The number of anilines is 1. The van der Waals surface area contributed by atoms with E-state index in [0.29, 0.717) is 10.7 Å². The van der Waals surface area contributed by atoms with Gasteiger partial charge in [-0.1, -0.05) is 30.3 Å². The highest BCUT2D eigenvalue weighted by molar-refractivity contribution is 7.80. The number of nitrogens with zero attached hydrogens (tertiary/aromatic N) is 1. The van der Waals surface area contributed by atoms with E-state index in [-0.39, 0.29) is 5.97 Å². The van der Waals surface area contributed by atoms with Crippen molar-refractivity contribution in [2.24, 2.45) is 0 Å². The van der Waals surface area contributed by atoms with Crippen molar-refractivity contribution in [2.45, 2.75) is 26.3 Å². The number of nitrogens with one attached hydrogen (secondary N) is 2. The molecule has 0 aliphatic carbocycles. The summed E-state index contributed by atoms with van der Waals surface area (Å²) in [5.41, 5.74) is 5.10. The highest BCUT2D eigenvalue weighted by Crippen LogP contribution is 2.20. The molecule has 148 valence electrons. The zero-order chi connectivity index (χ0) is 19.9. The summed E-state index contributed by atoms with van der Waals surface area (Å²) in [4.78, 5) is 14.3. The third-order valence-electron chi connectivity index (χ3n) is 5.13. The van der Waals surface area contributed by atoms with E-state index in [1.165, 1.54) is 18.2 Å². The fraction of sp³-hybridized carbons (Fsp3) is 0.364. The van der Waals surface area contributed by atoms with Crippen LogP contribution < -0.4 is 10.6 Å². The average molecular weight is 398 g/mol. The van der Waals surface area contributed by atoms with E-state index < -0.39 is 0 Å². The fourth-order valence-corrected chi connectivity index (χ4v) is 3.73. The molecule has 2 aromatic carbocycles. The standard InChI is InChI=1S/C22H27N3O2S/c1-16-19(21(26)27-2)9-5-10-20(16)24-22(28)23-12-6-13-25-14-11-17-7-3-4-8-18(17)15-25/h3-5,7-10H,6,11-15H2,1-2H3,(H2,23,24,28). The van der Waals surface area contributed by atoms with Crippen LogP contribution in [0.15, 0.2) is 42.5 Å². The Morgan fingerprint density at radius 3 is 2.75 bits per heavy atom. The van der Waals surface area contributed by atoms with Crippen molar-refractivity contribution in [2.75, 3.05) is 32.1 Å². The highest BCUT2D eigenvalue weighted by atomic mass is 32.1. The normalized spacial score (nSPS) is 13.5. The lowest BCUT2D eigenvalue weighted by atomic mass is 10.00. The van der Waals surface area contributed by atoms with Gasteiger partial charge in [0.2, 0.25) is 0 Å². The molecular weight excluding hydrogens is 370 g/mol. The molecule has 0 bridgehead atoms. The molecule has 1 heterocycles. The lowest BCUT2D eigenvalue weighted by molar-refractivity contribution is 0.0600. The Morgan fingerprint density at radius 2 is 1.96 bits per heavy atom. The number of fused-ring (bicyclic) bond motifs is 1. The van der Waals surface area contributed by atoms with Gasteiger partial charge in [-0.3, -0.25) is 4.90 Å². The molecule has 0 atom stereocenters. The summed E-state index contributed by atoms with van der Waals surface area (Å²) in [6.07, 6.45) is 2.14. The molecule has 2 aromatic rings. The Morgan fingerprint density at radius 1 is 1.18 bits per heavy atom. The first-order valence-electron chi connectivity index (χ1n) is 9.60. The molecule has 1 aliphatic heterocycles. The van der Waals surface area contributed by atoms with Crippen molar-refractivity contribution >= 4 is 29.0 Å². The first kappa shape index (κ1) is 20.3. The van der Waals surface area contributed by atoms with Gasteiger partial charge in [0, 0.05) is 31.9 Å². The topological polar surface area (TPSA) is 53.6 Å². The summed E-state index contributed by atoms with van der Waals surface area (Å²) in [6.45, 7) is 5.86. The minimum atomic E-state index is -0.344. The van der Waals surface area contributed by atoms with Crippen LogP contribution in [0.5, 0.6) is 0 Å². The van der Waals surface area contributed by atoms with Crippen molar-refractivity contribution in [3.05, 3.63) is 64.7 Å². The van der Waals surface area contributed by atoms with Crippen LogP contribution in [-0.2, 0) is 17.7 Å². The molecule has 0 fully saturated rings. The molecule has 0 amide bonds. The first-order valence-corrected chi connectivity index (χ1v) is 10.0. The van der Waals surface area contributed by atoms with Crippen LogP contribution in [0.25, 0.3) is 0 Å². The van der Waals surface area contributed by atoms with E-state index in [2.05, 4.69) is 39.8 Å². The van der Waals surface area contributed by atoms with Crippen molar-refractivity contribution in [1.82, 2.24) is 10.2 Å². The molecule has 0 unspecified atom stereocenters. The highest BCUT2D eigenvalue weighted by Gasteiger charge is 2.15. The molecule has 6 heteroatoms. The maximum atomic E-state index is 11.8. The predicted molar refractivity (Wildman–Crippen MR) is 117 cm³/mol. The Kier molecular flexibility index (Phi) is 7.01. The predicted octanol–water partition coefficient (Wildman–Crippen LogP) is 3.52. The molecule has 1 aliphatic rings.